The Morgan fingerprint density at radius 1 is 1.05 bits per heavy atom. The van der Waals surface area contributed by atoms with Gasteiger partial charge in [-0.1, -0.05) is 30.3 Å². The van der Waals surface area contributed by atoms with Crippen molar-refractivity contribution in [2.24, 2.45) is 0 Å². The van der Waals surface area contributed by atoms with Crippen molar-refractivity contribution in [3.63, 3.8) is 0 Å². The Kier molecular flexibility index (Phi) is 4.67. The number of anilines is 1. The lowest BCUT2D eigenvalue weighted by atomic mass is 10.1. The van der Waals surface area contributed by atoms with Crippen molar-refractivity contribution in [1.29, 1.82) is 5.26 Å². The summed E-state index contributed by atoms with van der Waals surface area (Å²) >= 11 is 0. The molecular weight excluding hydrogens is 258 g/mol. The molecule has 0 aliphatic carbocycles. The number of rotatable bonds is 5. The quantitative estimate of drug-likeness (QED) is 0.880. The lowest BCUT2D eigenvalue weighted by Gasteiger charge is -2.08. The van der Waals surface area contributed by atoms with Crippen molar-refractivity contribution in [2.45, 2.75) is 19.4 Å². The van der Waals surface area contributed by atoms with E-state index in [0.29, 0.717) is 13.0 Å². The van der Waals surface area contributed by atoms with Gasteiger partial charge in [-0.15, -0.1) is 0 Å². The van der Waals surface area contributed by atoms with Gasteiger partial charge in [0.1, 0.15) is 0 Å². The van der Waals surface area contributed by atoms with Gasteiger partial charge in [-0.3, -0.25) is 0 Å². The predicted octanol–water partition coefficient (Wildman–Crippen LogP) is 4.30. The largest absolute Gasteiger partial charge is 0.381 e. The second-order valence-electron chi connectivity index (χ2n) is 4.43. The molecular formula is C16H14F2N2. The van der Waals surface area contributed by atoms with Gasteiger partial charge in [0, 0.05) is 17.8 Å². The number of nitriles is 1. The summed E-state index contributed by atoms with van der Waals surface area (Å²) in [6.45, 7) is 0.484. The van der Waals surface area contributed by atoms with Crippen molar-refractivity contribution < 1.29 is 8.78 Å². The molecule has 2 rings (SSSR count). The highest BCUT2D eigenvalue weighted by Crippen LogP contribution is 2.20. The van der Waals surface area contributed by atoms with Crippen LogP contribution in [0.1, 0.15) is 23.1 Å². The van der Waals surface area contributed by atoms with Gasteiger partial charge in [-0.2, -0.15) is 5.26 Å². The van der Waals surface area contributed by atoms with Crippen LogP contribution in [0.5, 0.6) is 0 Å². The average Bonchev–Trinajstić information content (AvgIpc) is 2.47. The molecule has 0 unspecified atom stereocenters. The Morgan fingerprint density at radius 2 is 1.80 bits per heavy atom. The Morgan fingerprint density at radius 3 is 2.45 bits per heavy atom. The molecule has 0 atom stereocenters. The summed E-state index contributed by atoms with van der Waals surface area (Å²) in [4.78, 5) is 0. The number of alkyl halides is 2. The van der Waals surface area contributed by atoms with E-state index in [1.165, 1.54) is 12.1 Å². The monoisotopic (exact) mass is 272 g/mol. The molecule has 2 nitrogen and oxygen atoms in total. The molecule has 0 aromatic heterocycles. The van der Waals surface area contributed by atoms with Gasteiger partial charge in [0.15, 0.2) is 0 Å². The van der Waals surface area contributed by atoms with E-state index >= 15 is 0 Å². The molecule has 102 valence electrons. The van der Waals surface area contributed by atoms with E-state index in [4.69, 9.17) is 5.26 Å². The van der Waals surface area contributed by atoms with Crippen LogP contribution in [0.2, 0.25) is 0 Å². The van der Waals surface area contributed by atoms with Crippen LogP contribution in [-0.2, 0) is 13.0 Å². The van der Waals surface area contributed by atoms with Crippen LogP contribution in [0, 0.1) is 11.3 Å². The summed E-state index contributed by atoms with van der Waals surface area (Å²) in [5, 5.41) is 11.8. The number of nitrogens with one attached hydrogen (secondary N) is 1. The molecule has 0 spiro atoms. The lowest BCUT2D eigenvalue weighted by Crippen LogP contribution is -2.00. The third-order valence-corrected chi connectivity index (χ3v) is 2.94. The summed E-state index contributed by atoms with van der Waals surface area (Å²) in [5.74, 6) is 0. The third-order valence-electron chi connectivity index (χ3n) is 2.94. The number of benzene rings is 2. The highest BCUT2D eigenvalue weighted by Gasteiger charge is 2.06. The number of nitrogens with zero attached hydrogens (tertiary/aromatic N) is 1. The average molecular weight is 272 g/mol. The first kappa shape index (κ1) is 14.0. The van der Waals surface area contributed by atoms with Gasteiger partial charge in [-0.25, -0.2) is 8.78 Å². The van der Waals surface area contributed by atoms with E-state index in [1.54, 1.807) is 6.07 Å². The molecule has 0 fully saturated rings. The first-order valence-electron chi connectivity index (χ1n) is 6.26. The Labute approximate surface area is 116 Å². The standard InChI is InChI=1S/C16H14F2N2/c17-16(18)14-3-1-2-13(10-14)11-20-15-6-4-12(5-7-15)8-9-19/h1-7,10,16,20H,8,11H2. The lowest BCUT2D eigenvalue weighted by molar-refractivity contribution is 0.151. The molecule has 4 heteroatoms. The summed E-state index contributed by atoms with van der Waals surface area (Å²) in [6.07, 6.45) is -2.06. The van der Waals surface area contributed by atoms with Crippen LogP contribution >= 0.6 is 0 Å². The summed E-state index contributed by atoms with van der Waals surface area (Å²) in [6, 6.07) is 16.0. The Hall–Kier alpha value is -2.41. The van der Waals surface area contributed by atoms with Gasteiger partial charge < -0.3 is 5.32 Å². The molecule has 0 aliphatic rings. The molecule has 0 saturated carbocycles. The first-order chi connectivity index (χ1) is 9.69. The fourth-order valence-electron chi connectivity index (χ4n) is 1.87. The van der Waals surface area contributed by atoms with Crippen molar-refractivity contribution in [2.75, 3.05) is 5.32 Å². The molecule has 2 aromatic rings. The number of hydrogen-bond donors (Lipinski definition) is 1. The second kappa shape index (κ2) is 6.67. The molecule has 20 heavy (non-hydrogen) atoms. The van der Waals surface area contributed by atoms with E-state index in [2.05, 4.69) is 11.4 Å². The molecule has 0 bridgehead atoms. The van der Waals surface area contributed by atoms with E-state index in [9.17, 15) is 8.78 Å². The van der Waals surface area contributed by atoms with Gasteiger partial charge >= 0.3 is 0 Å². The second-order valence-corrected chi connectivity index (χ2v) is 4.43. The normalized spacial score (nSPS) is 10.3. The molecule has 1 N–H and O–H groups in total. The van der Waals surface area contributed by atoms with Crippen molar-refractivity contribution in [3.8, 4) is 6.07 Å². The van der Waals surface area contributed by atoms with Crippen molar-refractivity contribution in [3.05, 3.63) is 65.2 Å². The maximum absolute atomic E-state index is 12.6. The third kappa shape index (κ3) is 3.79. The Balaban J connectivity index is 1.98. The minimum atomic E-state index is -2.44. The molecule has 0 saturated heterocycles. The van der Waals surface area contributed by atoms with Crippen LogP contribution in [0.25, 0.3) is 0 Å². The highest BCUT2D eigenvalue weighted by atomic mass is 19.3. The molecule has 0 radical (unpaired) electrons. The van der Waals surface area contributed by atoms with Crippen molar-refractivity contribution in [1.82, 2.24) is 0 Å². The number of halogens is 2. The summed E-state index contributed by atoms with van der Waals surface area (Å²) < 4.78 is 25.2. The van der Waals surface area contributed by atoms with Gasteiger partial charge in [0.05, 0.1) is 12.5 Å². The predicted molar refractivity (Wildman–Crippen MR) is 74.5 cm³/mol. The van der Waals surface area contributed by atoms with E-state index in [1.807, 2.05) is 30.3 Å². The number of hydrogen-bond acceptors (Lipinski definition) is 2. The topological polar surface area (TPSA) is 35.8 Å². The van der Waals surface area contributed by atoms with Crippen LogP contribution in [0.3, 0.4) is 0 Å². The highest BCUT2D eigenvalue weighted by molar-refractivity contribution is 5.45. The zero-order valence-electron chi connectivity index (χ0n) is 10.8. The van der Waals surface area contributed by atoms with E-state index < -0.39 is 6.43 Å². The maximum Gasteiger partial charge on any atom is 0.263 e. The fourth-order valence-corrected chi connectivity index (χ4v) is 1.87. The van der Waals surface area contributed by atoms with Gasteiger partial charge in [-0.05, 0) is 29.3 Å². The zero-order chi connectivity index (χ0) is 14.4. The molecule has 0 amide bonds. The van der Waals surface area contributed by atoms with Crippen LogP contribution in [0.4, 0.5) is 14.5 Å². The minimum absolute atomic E-state index is 0.0358. The molecule has 2 aromatic carbocycles. The first-order valence-corrected chi connectivity index (χ1v) is 6.26. The molecule has 0 heterocycles. The van der Waals surface area contributed by atoms with Crippen LogP contribution in [-0.4, -0.2) is 0 Å². The fraction of sp³-hybridized carbons (Fsp3) is 0.188. The SMILES string of the molecule is N#CCc1ccc(NCc2cccc(C(F)F)c2)cc1. The molecule has 0 aliphatic heterocycles. The smallest absolute Gasteiger partial charge is 0.263 e. The zero-order valence-corrected chi connectivity index (χ0v) is 10.8. The van der Waals surface area contributed by atoms with Crippen LogP contribution < -0.4 is 5.32 Å². The van der Waals surface area contributed by atoms with E-state index in [-0.39, 0.29) is 5.56 Å². The van der Waals surface area contributed by atoms with Crippen LogP contribution in [0.15, 0.2) is 48.5 Å². The summed E-state index contributed by atoms with van der Waals surface area (Å²) in [5.41, 5.74) is 2.70. The minimum Gasteiger partial charge on any atom is -0.381 e. The van der Waals surface area contributed by atoms with Gasteiger partial charge in [0.25, 0.3) is 6.43 Å². The maximum atomic E-state index is 12.6. The van der Waals surface area contributed by atoms with E-state index in [0.717, 1.165) is 16.8 Å². The van der Waals surface area contributed by atoms with Gasteiger partial charge in [0.2, 0.25) is 0 Å². The van der Waals surface area contributed by atoms with Crippen molar-refractivity contribution >= 4 is 5.69 Å². The Bertz CT molecular complexity index is 601. The summed E-state index contributed by atoms with van der Waals surface area (Å²) in [7, 11) is 0.